The Kier molecular flexibility index (Phi) is 4.48. The number of piperidine rings is 1. The van der Waals surface area contributed by atoms with E-state index in [2.05, 4.69) is 20.7 Å². The molecule has 1 saturated heterocycles. The summed E-state index contributed by atoms with van der Waals surface area (Å²) in [5, 5.41) is 13.9. The molecule has 0 aliphatic carbocycles. The van der Waals surface area contributed by atoms with Crippen LogP contribution < -0.4 is 21.5 Å². The van der Waals surface area contributed by atoms with Crippen LogP contribution in [0.4, 0.5) is 17.5 Å². The second kappa shape index (κ2) is 6.31. The molecule has 1 aromatic rings. The van der Waals surface area contributed by atoms with E-state index in [4.69, 9.17) is 5.84 Å². The first kappa shape index (κ1) is 14.9. The van der Waals surface area contributed by atoms with Gasteiger partial charge in [-0.3, -0.25) is 20.3 Å². The molecule has 0 radical (unpaired) electrons. The summed E-state index contributed by atoms with van der Waals surface area (Å²) in [7, 11) is 0. The van der Waals surface area contributed by atoms with Crippen LogP contribution in [0.25, 0.3) is 0 Å². The number of nitrogen functional groups attached to an aromatic ring is 1. The third kappa shape index (κ3) is 3.54. The van der Waals surface area contributed by atoms with Crippen LogP contribution in [-0.2, 0) is 4.79 Å². The summed E-state index contributed by atoms with van der Waals surface area (Å²) in [5.41, 5.74) is 2.12. The van der Waals surface area contributed by atoms with Crippen LogP contribution in [-0.4, -0.2) is 39.9 Å². The standard InChI is InChI=1S/C11H17N7O3/c1-7(19)14-8-2-4-17(5-3-8)10-9(18(20)21)6-13-11(15-10)16-12/h6,8H,2-5,12H2,1H3,(H,14,19)(H,13,15,16). The maximum atomic E-state index is 11.1. The molecule has 114 valence electrons. The van der Waals surface area contributed by atoms with Crippen molar-refractivity contribution in [1.82, 2.24) is 15.3 Å². The van der Waals surface area contributed by atoms with Crippen LogP contribution in [0.3, 0.4) is 0 Å². The molecule has 1 aliphatic rings. The summed E-state index contributed by atoms with van der Waals surface area (Å²) in [5.74, 6) is 5.53. The molecular weight excluding hydrogens is 278 g/mol. The van der Waals surface area contributed by atoms with Crippen molar-refractivity contribution in [1.29, 1.82) is 0 Å². The highest BCUT2D eigenvalue weighted by Gasteiger charge is 2.27. The minimum absolute atomic E-state index is 0.0731. The number of nitrogens with one attached hydrogen (secondary N) is 2. The van der Waals surface area contributed by atoms with Gasteiger partial charge in [-0.25, -0.2) is 10.8 Å². The summed E-state index contributed by atoms with van der Waals surface area (Å²) in [6, 6.07) is 0.0896. The molecule has 21 heavy (non-hydrogen) atoms. The van der Waals surface area contributed by atoms with Crippen molar-refractivity contribution in [2.45, 2.75) is 25.8 Å². The Bertz CT molecular complexity index is 543. The second-order valence-corrected chi connectivity index (χ2v) is 4.77. The largest absolute Gasteiger partial charge is 0.353 e. The van der Waals surface area contributed by atoms with Crippen LogP contribution in [0, 0.1) is 10.1 Å². The third-order valence-electron chi connectivity index (χ3n) is 3.28. The fraction of sp³-hybridized carbons (Fsp3) is 0.545. The van der Waals surface area contributed by atoms with E-state index in [1.165, 1.54) is 6.92 Å². The number of hydrogen-bond acceptors (Lipinski definition) is 8. The van der Waals surface area contributed by atoms with E-state index in [9.17, 15) is 14.9 Å². The van der Waals surface area contributed by atoms with Crippen LogP contribution in [0.2, 0.25) is 0 Å². The number of hydrogen-bond donors (Lipinski definition) is 3. The van der Waals surface area contributed by atoms with Gasteiger partial charge in [-0.1, -0.05) is 0 Å². The summed E-state index contributed by atoms with van der Waals surface area (Å²) < 4.78 is 0. The Morgan fingerprint density at radius 1 is 1.52 bits per heavy atom. The van der Waals surface area contributed by atoms with E-state index in [1.54, 1.807) is 4.90 Å². The second-order valence-electron chi connectivity index (χ2n) is 4.77. The lowest BCUT2D eigenvalue weighted by Crippen LogP contribution is -2.44. The number of aromatic nitrogens is 2. The molecule has 10 nitrogen and oxygen atoms in total. The molecule has 10 heteroatoms. The Morgan fingerprint density at radius 3 is 2.71 bits per heavy atom. The molecule has 2 heterocycles. The minimum atomic E-state index is -0.518. The number of hydrazine groups is 1. The van der Waals surface area contributed by atoms with Gasteiger partial charge in [-0.05, 0) is 12.8 Å². The van der Waals surface area contributed by atoms with Crippen molar-refractivity contribution in [3.8, 4) is 0 Å². The number of rotatable bonds is 4. The Labute approximate surface area is 120 Å². The van der Waals surface area contributed by atoms with Gasteiger partial charge < -0.3 is 10.2 Å². The van der Waals surface area contributed by atoms with Gasteiger partial charge in [0.2, 0.25) is 17.7 Å². The Hall–Kier alpha value is -2.49. The number of nitrogens with two attached hydrogens (primary N) is 1. The van der Waals surface area contributed by atoms with Crippen molar-refractivity contribution in [2.24, 2.45) is 5.84 Å². The lowest BCUT2D eigenvalue weighted by atomic mass is 10.0. The number of anilines is 2. The topological polar surface area (TPSA) is 139 Å². The van der Waals surface area contributed by atoms with E-state index in [1.807, 2.05) is 0 Å². The molecule has 0 saturated carbocycles. The average Bonchev–Trinajstić information content (AvgIpc) is 2.46. The van der Waals surface area contributed by atoms with Gasteiger partial charge in [-0.2, -0.15) is 4.98 Å². The zero-order chi connectivity index (χ0) is 15.4. The number of nitro groups is 1. The number of amides is 1. The van der Waals surface area contributed by atoms with E-state index in [-0.39, 0.29) is 29.4 Å². The highest BCUT2D eigenvalue weighted by atomic mass is 16.6. The van der Waals surface area contributed by atoms with Crippen molar-refractivity contribution >= 4 is 23.4 Å². The van der Waals surface area contributed by atoms with Gasteiger partial charge in [0.15, 0.2) is 0 Å². The SMILES string of the molecule is CC(=O)NC1CCN(c2nc(NN)ncc2[N+](=O)[O-])CC1. The molecule has 0 spiro atoms. The summed E-state index contributed by atoms with van der Waals surface area (Å²) in [4.78, 5) is 31.2. The first-order valence-electron chi connectivity index (χ1n) is 6.51. The summed E-state index contributed by atoms with van der Waals surface area (Å²) in [6.07, 6.45) is 2.54. The molecule has 1 aromatic heterocycles. The van der Waals surface area contributed by atoms with Crippen molar-refractivity contribution in [2.75, 3.05) is 23.4 Å². The van der Waals surface area contributed by atoms with Gasteiger partial charge in [0.05, 0.1) is 4.92 Å². The Morgan fingerprint density at radius 2 is 2.19 bits per heavy atom. The molecule has 0 unspecified atom stereocenters. The first-order valence-corrected chi connectivity index (χ1v) is 6.51. The summed E-state index contributed by atoms with van der Waals surface area (Å²) in [6.45, 7) is 2.60. The molecule has 1 fully saturated rings. The predicted octanol–water partition coefficient (Wildman–Crippen LogP) is -0.225. The molecule has 4 N–H and O–H groups in total. The number of nitrogens with zero attached hydrogens (tertiary/aromatic N) is 4. The summed E-state index contributed by atoms with van der Waals surface area (Å²) >= 11 is 0. The fourth-order valence-electron chi connectivity index (χ4n) is 2.32. The van der Waals surface area contributed by atoms with Crippen LogP contribution in [0.5, 0.6) is 0 Å². The van der Waals surface area contributed by atoms with E-state index < -0.39 is 4.92 Å². The van der Waals surface area contributed by atoms with Gasteiger partial charge >= 0.3 is 5.69 Å². The fourth-order valence-corrected chi connectivity index (χ4v) is 2.32. The van der Waals surface area contributed by atoms with Crippen LogP contribution in [0.15, 0.2) is 6.20 Å². The molecular formula is C11H17N7O3. The minimum Gasteiger partial charge on any atom is -0.353 e. The monoisotopic (exact) mass is 295 g/mol. The zero-order valence-electron chi connectivity index (χ0n) is 11.6. The molecule has 1 amide bonds. The van der Waals surface area contributed by atoms with Crippen LogP contribution in [0.1, 0.15) is 19.8 Å². The average molecular weight is 295 g/mol. The Balaban J connectivity index is 2.15. The van der Waals surface area contributed by atoms with Gasteiger partial charge in [0.25, 0.3) is 0 Å². The number of carbonyl (C=O) groups excluding carboxylic acids is 1. The maximum absolute atomic E-state index is 11.1. The predicted molar refractivity (Wildman–Crippen MR) is 75.5 cm³/mol. The van der Waals surface area contributed by atoms with Crippen molar-refractivity contribution in [3.05, 3.63) is 16.3 Å². The van der Waals surface area contributed by atoms with E-state index in [0.717, 1.165) is 6.20 Å². The van der Waals surface area contributed by atoms with Gasteiger partial charge in [0, 0.05) is 26.1 Å². The van der Waals surface area contributed by atoms with Crippen molar-refractivity contribution in [3.63, 3.8) is 0 Å². The van der Waals surface area contributed by atoms with E-state index >= 15 is 0 Å². The van der Waals surface area contributed by atoms with Gasteiger partial charge in [0.1, 0.15) is 6.20 Å². The molecule has 0 atom stereocenters. The quantitative estimate of drug-likeness (QED) is 0.393. The third-order valence-corrected chi connectivity index (χ3v) is 3.28. The molecule has 0 bridgehead atoms. The lowest BCUT2D eigenvalue weighted by Gasteiger charge is -2.32. The smallest absolute Gasteiger partial charge is 0.329 e. The van der Waals surface area contributed by atoms with Crippen LogP contribution >= 0.6 is 0 Å². The van der Waals surface area contributed by atoms with E-state index in [0.29, 0.717) is 25.9 Å². The zero-order valence-corrected chi connectivity index (χ0v) is 11.6. The highest BCUT2D eigenvalue weighted by Crippen LogP contribution is 2.28. The normalized spacial score (nSPS) is 15.6. The molecule has 0 aromatic carbocycles. The van der Waals surface area contributed by atoms with Crippen molar-refractivity contribution < 1.29 is 9.72 Å². The number of carbonyl (C=O) groups is 1. The molecule has 1 aliphatic heterocycles. The first-order chi connectivity index (χ1) is 10.0. The maximum Gasteiger partial charge on any atom is 0.329 e. The lowest BCUT2D eigenvalue weighted by molar-refractivity contribution is -0.384. The van der Waals surface area contributed by atoms with Gasteiger partial charge in [-0.15, -0.1) is 0 Å². The molecule has 2 rings (SSSR count). The highest BCUT2D eigenvalue weighted by molar-refractivity contribution is 5.73.